The van der Waals surface area contributed by atoms with E-state index in [4.69, 9.17) is 0 Å². The standard InChI is InChI=1S/C23H21N3O/c27-22-12-18-3-1-2-4-19(18)23(22)24-13-15-5-7-16(8-6-15)17-9-10-20-21(11-17)26-14-25-20/h1-11,14,22-24,27H,12-13H2,(H,25,26)/t22-,23?/m0/s1. The lowest BCUT2D eigenvalue weighted by Gasteiger charge is -2.18. The van der Waals surface area contributed by atoms with Crippen LogP contribution in [0, 0.1) is 0 Å². The maximum Gasteiger partial charge on any atom is 0.0931 e. The average molecular weight is 355 g/mol. The van der Waals surface area contributed by atoms with Gasteiger partial charge >= 0.3 is 0 Å². The summed E-state index contributed by atoms with van der Waals surface area (Å²) in [5.74, 6) is 0. The van der Waals surface area contributed by atoms with Crippen molar-refractivity contribution in [2.75, 3.05) is 0 Å². The second-order valence-corrected chi connectivity index (χ2v) is 7.16. The van der Waals surface area contributed by atoms with Crippen LogP contribution < -0.4 is 5.32 Å². The van der Waals surface area contributed by atoms with Gasteiger partial charge in [-0.2, -0.15) is 0 Å². The van der Waals surface area contributed by atoms with E-state index in [0.717, 1.165) is 24.0 Å². The number of hydrogen-bond donors (Lipinski definition) is 3. The van der Waals surface area contributed by atoms with Crippen LogP contribution in [0.4, 0.5) is 0 Å². The van der Waals surface area contributed by atoms with Crippen molar-refractivity contribution >= 4 is 11.0 Å². The molecule has 2 atom stereocenters. The number of nitrogens with one attached hydrogen (secondary N) is 2. The number of aromatic amines is 1. The van der Waals surface area contributed by atoms with Gasteiger partial charge in [-0.25, -0.2) is 4.98 Å². The number of hydrogen-bond acceptors (Lipinski definition) is 3. The number of benzene rings is 3. The Hall–Kier alpha value is -2.95. The lowest BCUT2D eigenvalue weighted by molar-refractivity contribution is 0.140. The van der Waals surface area contributed by atoms with Crippen molar-refractivity contribution in [1.82, 2.24) is 15.3 Å². The van der Waals surface area contributed by atoms with E-state index in [1.165, 1.54) is 27.8 Å². The van der Waals surface area contributed by atoms with Gasteiger partial charge in [-0.1, -0.05) is 54.6 Å². The van der Waals surface area contributed by atoms with Crippen LogP contribution >= 0.6 is 0 Å². The van der Waals surface area contributed by atoms with Gasteiger partial charge in [-0.3, -0.25) is 0 Å². The lowest BCUT2D eigenvalue weighted by atomic mass is 10.0. The Morgan fingerprint density at radius 1 is 1.00 bits per heavy atom. The summed E-state index contributed by atoms with van der Waals surface area (Å²) in [6.07, 6.45) is 2.09. The molecule has 27 heavy (non-hydrogen) atoms. The Kier molecular flexibility index (Phi) is 4.00. The fraction of sp³-hybridized carbons (Fsp3) is 0.174. The SMILES string of the molecule is O[C@H]1Cc2ccccc2C1NCc1ccc(-c2ccc3nc[nH]c3c2)cc1. The van der Waals surface area contributed by atoms with Gasteiger partial charge in [0.1, 0.15) is 0 Å². The summed E-state index contributed by atoms with van der Waals surface area (Å²) in [5, 5.41) is 13.9. The molecule has 1 aliphatic rings. The summed E-state index contributed by atoms with van der Waals surface area (Å²) in [6, 6.07) is 23.1. The van der Waals surface area contributed by atoms with E-state index in [1.807, 2.05) is 18.2 Å². The number of fused-ring (bicyclic) bond motifs is 2. The molecular weight excluding hydrogens is 334 g/mol. The quantitative estimate of drug-likeness (QED) is 0.519. The summed E-state index contributed by atoms with van der Waals surface area (Å²) in [7, 11) is 0. The Bertz CT molecular complexity index is 1080. The Morgan fingerprint density at radius 2 is 1.81 bits per heavy atom. The fourth-order valence-electron chi connectivity index (χ4n) is 3.98. The monoisotopic (exact) mass is 355 g/mol. The number of aromatic nitrogens is 2. The van der Waals surface area contributed by atoms with Crippen molar-refractivity contribution in [3.63, 3.8) is 0 Å². The number of rotatable bonds is 4. The van der Waals surface area contributed by atoms with E-state index < -0.39 is 0 Å². The van der Waals surface area contributed by atoms with Gasteiger partial charge in [0.05, 0.1) is 29.5 Å². The third-order valence-electron chi connectivity index (χ3n) is 5.44. The molecule has 0 aliphatic heterocycles. The van der Waals surface area contributed by atoms with Crippen molar-refractivity contribution in [2.24, 2.45) is 0 Å². The molecule has 1 heterocycles. The van der Waals surface area contributed by atoms with Gasteiger partial charge in [0.25, 0.3) is 0 Å². The molecule has 0 spiro atoms. The zero-order chi connectivity index (χ0) is 18.2. The Labute approximate surface area is 157 Å². The summed E-state index contributed by atoms with van der Waals surface area (Å²) < 4.78 is 0. The van der Waals surface area contributed by atoms with Gasteiger partial charge in [0, 0.05) is 13.0 Å². The second kappa shape index (κ2) is 6.65. The van der Waals surface area contributed by atoms with Gasteiger partial charge < -0.3 is 15.4 Å². The molecular formula is C23H21N3O. The zero-order valence-electron chi connectivity index (χ0n) is 14.9. The summed E-state index contributed by atoms with van der Waals surface area (Å²) in [4.78, 5) is 7.43. The van der Waals surface area contributed by atoms with Crippen LogP contribution in [0.5, 0.6) is 0 Å². The molecule has 134 valence electrons. The molecule has 4 heteroatoms. The zero-order valence-corrected chi connectivity index (χ0v) is 14.9. The highest BCUT2D eigenvalue weighted by Crippen LogP contribution is 2.31. The molecule has 0 bridgehead atoms. The molecule has 3 N–H and O–H groups in total. The van der Waals surface area contributed by atoms with Crippen LogP contribution in [-0.2, 0) is 13.0 Å². The first-order chi connectivity index (χ1) is 13.3. The van der Waals surface area contributed by atoms with Gasteiger partial charge in [0.2, 0.25) is 0 Å². The van der Waals surface area contributed by atoms with E-state index in [0.29, 0.717) is 0 Å². The molecule has 1 aromatic heterocycles. The number of H-pyrrole nitrogens is 1. The minimum absolute atomic E-state index is 0.00339. The van der Waals surface area contributed by atoms with Crippen LogP contribution in [0.15, 0.2) is 73.1 Å². The molecule has 4 aromatic rings. The molecule has 4 nitrogen and oxygen atoms in total. The number of imidazole rings is 1. The van der Waals surface area contributed by atoms with Crippen LogP contribution in [-0.4, -0.2) is 21.2 Å². The van der Waals surface area contributed by atoms with Gasteiger partial charge in [-0.15, -0.1) is 0 Å². The largest absolute Gasteiger partial charge is 0.391 e. The van der Waals surface area contributed by atoms with Gasteiger partial charge in [-0.05, 0) is 39.9 Å². The van der Waals surface area contributed by atoms with Crippen molar-refractivity contribution in [3.8, 4) is 11.1 Å². The molecule has 5 rings (SSSR count). The summed E-state index contributed by atoms with van der Waals surface area (Å²) in [6.45, 7) is 0.732. The average Bonchev–Trinajstić information content (AvgIpc) is 3.29. The Morgan fingerprint density at radius 3 is 2.70 bits per heavy atom. The molecule has 0 amide bonds. The van der Waals surface area contributed by atoms with Crippen molar-refractivity contribution in [3.05, 3.63) is 89.7 Å². The normalized spacial score (nSPS) is 18.7. The summed E-state index contributed by atoms with van der Waals surface area (Å²) in [5.41, 5.74) is 8.05. The highest BCUT2D eigenvalue weighted by Gasteiger charge is 2.29. The van der Waals surface area contributed by atoms with E-state index >= 15 is 0 Å². The van der Waals surface area contributed by atoms with Gasteiger partial charge in [0.15, 0.2) is 0 Å². The van der Waals surface area contributed by atoms with Crippen molar-refractivity contribution in [1.29, 1.82) is 0 Å². The minimum atomic E-state index is -0.359. The summed E-state index contributed by atoms with van der Waals surface area (Å²) >= 11 is 0. The number of nitrogens with zero attached hydrogens (tertiary/aromatic N) is 1. The third-order valence-corrected chi connectivity index (χ3v) is 5.44. The smallest absolute Gasteiger partial charge is 0.0931 e. The molecule has 0 saturated heterocycles. The van der Waals surface area contributed by atoms with E-state index in [9.17, 15) is 5.11 Å². The topological polar surface area (TPSA) is 60.9 Å². The van der Waals surface area contributed by atoms with Crippen LogP contribution in [0.1, 0.15) is 22.7 Å². The van der Waals surface area contributed by atoms with Crippen LogP contribution in [0.3, 0.4) is 0 Å². The number of aliphatic hydroxyl groups excluding tert-OH is 1. The fourth-order valence-corrected chi connectivity index (χ4v) is 3.98. The molecule has 0 fully saturated rings. The van der Waals surface area contributed by atoms with Crippen molar-refractivity contribution in [2.45, 2.75) is 25.1 Å². The predicted molar refractivity (Wildman–Crippen MR) is 107 cm³/mol. The van der Waals surface area contributed by atoms with Crippen molar-refractivity contribution < 1.29 is 5.11 Å². The molecule has 0 saturated carbocycles. The third kappa shape index (κ3) is 3.03. The first kappa shape index (κ1) is 16.2. The first-order valence-corrected chi connectivity index (χ1v) is 9.30. The van der Waals surface area contributed by atoms with E-state index in [-0.39, 0.29) is 12.1 Å². The lowest BCUT2D eigenvalue weighted by Crippen LogP contribution is -2.28. The highest BCUT2D eigenvalue weighted by atomic mass is 16.3. The predicted octanol–water partition coefficient (Wildman–Crippen LogP) is 3.98. The molecule has 3 aromatic carbocycles. The Balaban J connectivity index is 1.31. The van der Waals surface area contributed by atoms with Crippen LogP contribution in [0.25, 0.3) is 22.2 Å². The maximum atomic E-state index is 10.4. The minimum Gasteiger partial charge on any atom is -0.391 e. The number of aliphatic hydroxyl groups is 1. The highest BCUT2D eigenvalue weighted by molar-refractivity contribution is 5.81. The molecule has 0 radical (unpaired) electrons. The molecule has 1 aliphatic carbocycles. The van der Waals surface area contributed by atoms with E-state index in [2.05, 4.69) is 63.8 Å². The second-order valence-electron chi connectivity index (χ2n) is 7.16. The molecule has 1 unspecified atom stereocenters. The van der Waals surface area contributed by atoms with Crippen LogP contribution in [0.2, 0.25) is 0 Å². The van der Waals surface area contributed by atoms with E-state index in [1.54, 1.807) is 6.33 Å². The maximum absolute atomic E-state index is 10.4. The first-order valence-electron chi connectivity index (χ1n) is 9.30.